The number of rotatable bonds is 4. The van der Waals surface area contributed by atoms with Gasteiger partial charge >= 0.3 is 0 Å². The number of aromatic nitrogens is 1. The number of aryl methyl sites for hydroxylation is 1. The van der Waals surface area contributed by atoms with Crippen LogP contribution in [0.2, 0.25) is 0 Å². The van der Waals surface area contributed by atoms with Gasteiger partial charge in [-0.15, -0.1) is 11.3 Å². The second-order valence-electron chi connectivity index (χ2n) is 3.76. The van der Waals surface area contributed by atoms with Crippen LogP contribution in [0.25, 0.3) is 0 Å². The van der Waals surface area contributed by atoms with Crippen molar-refractivity contribution in [2.45, 2.75) is 13.3 Å². The molecule has 18 heavy (non-hydrogen) atoms. The Morgan fingerprint density at radius 1 is 1.50 bits per heavy atom. The Labute approximate surface area is 117 Å². The molecule has 0 fully saturated rings. The lowest BCUT2D eigenvalue weighted by Gasteiger charge is -2.09. The minimum absolute atomic E-state index is 0.303. The number of nitrogens with zero attached hydrogens (tertiary/aromatic N) is 1. The molecule has 6 heteroatoms. The first-order valence-corrected chi connectivity index (χ1v) is 7.01. The highest BCUT2D eigenvalue weighted by molar-refractivity contribution is 9.10. The van der Waals surface area contributed by atoms with Gasteiger partial charge in [0.25, 0.3) is 0 Å². The lowest BCUT2D eigenvalue weighted by Crippen LogP contribution is -2.04. The van der Waals surface area contributed by atoms with Gasteiger partial charge in [-0.05, 0) is 28.9 Å². The van der Waals surface area contributed by atoms with E-state index in [1.807, 2.05) is 12.4 Å². The van der Waals surface area contributed by atoms with Crippen LogP contribution in [-0.2, 0) is 6.42 Å². The average Bonchev–Trinajstić information content (AvgIpc) is 2.72. The third-order valence-electron chi connectivity index (χ3n) is 2.48. The molecule has 0 bridgehead atoms. The number of hydrogen-bond donors (Lipinski definition) is 1. The zero-order chi connectivity index (χ0) is 13.1. The second-order valence-corrected chi connectivity index (χ2v) is 5.56. The molecule has 1 aromatic carbocycles. The van der Waals surface area contributed by atoms with E-state index < -0.39 is 5.82 Å². The first-order valence-electron chi connectivity index (χ1n) is 5.34. The van der Waals surface area contributed by atoms with Gasteiger partial charge in [0.05, 0.1) is 28.0 Å². The molecule has 2 rings (SSSR count). The number of nitrogen functional groups attached to an aromatic ring is 1. The van der Waals surface area contributed by atoms with Crippen molar-refractivity contribution in [3.8, 4) is 5.75 Å². The minimum atomic E-state index is -0.391. The Balaban J connectivity index is 1.99. The monoisotopic (exact) mass is 330 g/mol. The van der Waals surface area contributed by atoms with Gasteiger partial charge in [-0.2, -0.15) is 0 Å². The van der Waals surface area contributed by atoms with Crippen molar-refractivity contribution in [3.63, 3.8) is 0 Å². The SMILES string of the molecule is Cc1ncsc1CCOc1cc(Br)c(F)cc1N. The molecular formula is C12H12BrFN2OS. The molecule has 0 radical (unpaired) electrons. The Bertz CT molecular complexity index is 559. The quantitative estimate of drug-likeness (QED) is 0.872. The largest absolute Gasteiger partial charge is 0.491 e. The van der Waals surface area contributed by atoms with Crippen molar-refractivity contribution in [1.82, 2.24) is 4.98 Å². The molecule has 96 valence electrons. The zero-order valence-corrected chi connectivity index (χ0v) is 12.1. The first kappa shape index (κ1) is 13.3. The molecule has 0 unspecified atom stereocenters. The fraction of sp³-hybridized carbons (Fsp3) is 0.250. The zero-order valence-electron chi connectivity index (χ0n) is 9.74. The topological polar surface area (TPSA) is 48.1 Å². The van der Waals surface area contributed by atoms with E-state index in [4.69, 9.17) is 10.5 Å². The van der Waals surface area contributed by atoms with Crippen LogP contribution in [0, 0.1) is 12.7 Å². The highest BCUT2D eigenvalue weighted by atomic mass is 79.9. The van der Waals surface area contributed by atoms with Gasteiger partial charge in [0.15, 0.2) is 0 Å². The summed E-state index contributed by atoms with van der Waals surface area (Å²) in [7, 11) is 0. The predicted molar refractivity (Wildman–Crippen MR) is 74.6 cm³/mol. The molecule has 0 atom stereocenters. The Hall–Kier alpha value is -1.14. The van der Waals surface area contributed by atoms with E-state index >= 15 is 0 Å². The van der Waals surface area contributed by atoms with Crippen molar-refractivity contribution in [3.05, 3.63) is 38.5 Å². The van der Waals surface area contributed by atoms with Gasteiger partial charge in [-0.25, -0.2) is 9.37 Å². The highest BCUT2D eigenvalue weighted by Gasteiger charge is 2.08. The van der Waals surface area contributed by atoms with Crippen molar-refractivity contribution in [1.29, 1.82) is 0 Å². The van der Waals surface area contributed by atoms with E-state index in [0.717, 1.165) is 12.1 Å². The van der Waals surface area contributed by atoms with E-state index in [1.54, 1.807) is 17.4 Å². The molecule has 2 N–H and O–H groups in total. The molecule has 1 heterocycles. The summed E-state index contributed by atoms with van der Waals surface area (Å²) >= 11 is 4.71. The third kappa shape index (κ3) is 3.00. The maximum absolute atomic E-state index is 13.2. The van der Waals surface area contributed by atoms with Crippen molar-refractivity contribution >= 4 is 33.0 Å². The second kappa shape index (κ2) is 5.67. The molecule has 2 aromatic rings. The Kier molecular flexibility index (Phi) is 4.19. The molecule has 0 spiro atoms. The van der Waals surface area contributed by atoms with Crippen LogP contribution in [0.15, 0.2) is 22.1 Å². The van der Waals surface area contributed by atoms with Gasteiger partial charge in [0, 0.05) is 17.4 Å². The molecule has 3 nitrogen and oxygen atoms in total. The van der Waals surface area contributed by atoms with Crippen LogP contribution in [-0.4, -0.2) is 11.6 Å². The summed E-state index contributed by atoms with van der Waals surface area (Å²) in [4.78, 5) is 5.36. The molecule has 1 aromatic heterocycles. The van der Waals surface area contributed by atoms with Crippen molar-refractivity contribution < 1.29 is 9.13 Å². The van der Waals surface area contributed by atoms with Crippen LogP contribution in [0.3, 0.4) is 0 Å². The standard InChI is InChI=1S/C12H12BrFN2OS/c1-7-12(18-6-16-7)2-3-17-11-4-8(13)9(14)5-10(11)15/h4-6H,2-3,15H2,1H3. The molecule has 0 aliphatic carbocycles. The van der Waals surface area contributed by atoms with Gasteiger partial charge in [-0.1, -0.05) is 0 Å². The number of anilines is 1. The summed E-state index contributed by atoms with van der Waals surface area (Å²) in [5.74, 6) is 0.101. The maximum Gasteiger partial charge on any atom is 0.143 e. The fourth-order valence-electron chi connectivity index (χ4n) is 1.49. The average molecular weight is 331 g/mol. The van der Waals surface area contributed by atoms with Crippen molar-refractivity contribution in [2.75, 3.05) is 12.3 Å². The lowest BCUT2D eigenvalue weighted by atomic mass is 10.3. The van der Waals surface area contributed by atoms with Gasteiger partial charge < -0.3 is 10.5 Å². The number of nitrogens with two attached hydrogens (primary N) is 1. The molecule has 0 saturated carbocycles. The predicted octanol–water partition coefficient (Wildman–Crippen LogP) is 3.56. The number of benzene rings is 1. The summed E-state index contributed by atoms with van der Waals surface area (Å²) < 4.78 is 19.1. The summed E-state index contributed by atoms with van der Waals surface area (Å²) in [5, 5.41) is 0. The summed E-state index contributed by atoms with van der Waals surface area (Å²) in [6, 6.07) is 2.79. The summed E-state index contributed by atoms with van der Waals surface area (Å²) in [6.45, 7) is 2.46. The normalized spacial score (nSPS) is 10.6. The van der Waals surface area contributed by atoms with E-state index in [1.165, 1.54) is 10.9 Å². The van der Waals surface area contributed by atoms with Crippen LogP contribution in [0.4, 0.5) is 10.1 Å². The fourth-order valence-corrected chi connectivity index (χ4v) is 2.57. The summed E-state index contributed by atoms with van der Waals surface area (Å²) in [6.07, 6.45) is 0.769. The summed E-state index contributed by atoms with van der Waals surface area (Å²) in [5.41, 5.74) is 8.82. The number of ether oxygens (including phenoxy) is 1. The highest BCUT2D eigenvalue weighted by Crippen LogP contribution is 2.28. The first-order chi connectivity index (χ1) is 8.58. The molecule has 0 amide bonds. The number of halogens is 2. The Morgan fingerprint density at radius 2 is 2.28 bits per heavy atom. The van der Waals surface area contributed by atoms with Crippen LogP contribution in [0.5, 0.6) is 5.75 Å². The van der Waals surface area contributed by atoms with E-state index in [0.29, 0.717) is 22.5 Å². The van der Waals surface area contributed by atoms with Crippen molar-refractivity contribution in [2.24, 2.45) is 0 Å². The van der Waals surface area contributed by atoms with Crippen LogP contribution < -0.4 is 10.5 Å². The van der Waals surface area contributed by atoms with Crippen LogP contribution in [0.1, 0.15) is 10.6 Å². The van der Waals surface area contributed by atoms with Gasteiger partial charge in [-0.3, -0.25) is 0 Å². The third-order valence-corrected chi connectivity index (χ3v) is 4.09. The number of thiazole rings is 1. The van der Waals surface area contributed by atoms with E-state index in [2.05, 4.69) is 20.9 Å². The smallest absolute Gasteiger partial charge is 0.143 e. The number of hydrogen-bond acceptors (Lipinski definition) is 4. The minimum Gasteiger partial charge on any atom is -0.491 e. The van der Waals surface area contributed by atoms with Gasteiger partial charge in [0.1, 0.15) is 11.6 Å². The lowest BCUT2D eigenvalue weighted by molar-refractivity contribution is 0.323. The van der Waals surface area contributed by atoms with E-state index in [9.17, 15) is 4.39 Å². The van der Waals surface area contributed by atoms with Crippen LogP contribution >= 0.6 is 27.3 Å². The van der Waals surface area contributed by atoms with E-state index in [-0.39, 0.29) is 0 Å². The molecule has 0 saturated heterocycles. The Morgan fingerprint density at radius 3 is 2.94 bits per heavy atom. The van der Waals surface area contributed by atoms with Gasteiger partial charge in [0.2, 0.25) is 0 Å². The molecule has 0 aliphatic heterocycles. The molecular weight excluding hydrogens is 319 g/mol. The maximum atomic E-state index is 13.2. The molecule has 0 aliphatic rings.